The second-order valence-electron chi connectivity index (χ2n) is 4.26. The van der Waals surface area contributed by atoms with Crippen molar-refractivity contribution in [1.82, 2.24) is 0 Å². The Morgan fingerprint density at radius 3 is 2.53 bits per heavy atom. The molecule has 2 rings (SSSR count). The van der Waals surface area contributed by atoms with Crippen LogP contribution in [0, 0.1) is 17.1 Å². The maximum atomic E-state index is 13.3. The summed E-state index contributed by atoms with van der Waals surface area (Å²) in [5.74, 6) is -0.412. The SMILES string of the molecule is CC(Nc1cc(F)cc(C#N)c1)c1ccc(Br)cc1. The Bertz CT molecular complexity index is 617. The fraction of sp³-hybridized carbons (Fsp3) is 0.133. The number of nitrogens with zero attached hydrogens (tertiary/aromatic N) is 1. The van der Waals surface area contributed by atoms with Gasteiger partial charge in [0.1, 0.15) is 5.82 Å². The number of benzene rings is 2. The van der Waals surface area contributed by atoms with Crippen molar-refractivity contribution in [2.45, 2.75) is 13.0 Å². The summed E-state index contributed by atoms with van der Waals surface area (Å²) >= 11 is 3.38. The van der Waals surface area contributed by atoms with E-state index < -0.39 is 5.82 Å². The van der Waals surface area contributed by atoms with Gasteiger partial charge in [-0.1, -0.05) is 28.1 Å². The van der Waals surface area contributed by atoms with Gasteiger partial charge >= 0.3 is 0 Å². The van der Waals surface area contributed by atoms with E-state index in [1.54, 1.807) is 6.07 Å². The molecule has 0 heterocycles. The highest BCUT2D eigenvalue weighted by Crippen LogP contribution is 2.22. The lowest BCUT2D eigenvalue weighted by Gasteiger charge is -2.16. The highest BCUT2D eigenvalue weighted by molar-refractivity contribution is 9.10. The van der Waals surface area contributed by atoms with Crippen LogP contribution in [0.3, 0.4) is 0 Å². The fourth-order valence-corrected chi connectivity index (χ4v) is 2.09. The van der Waals surface area contributed by atoms with E-state index in [1.807, 2.05) is 37.3 Å². The summed E-state index contributed by atoms with van der Waals surface area (Å²) in [6.07, 6.45) is 0. The molecule has 0 saturated carbocycles. The molecule has 0 spiro atoms. The van der Waals surface area contributed by atoms with Gasteiger partial charge in [0.15, 0.2) is 0 Å². The van der Waals surface area contributed by atoms with E-state index in [4.69, 9.17) is 5.26 Å². The number of anilines is 1. The topological polar surface area (TPSA) is 35.8 Å². The number of nitrogens with one attached hydrogen (secondary N) is 1. The van der Waals surface area contributed by atoms with Gasteiger partial charge in [0, 0.05) is 16.2 Å². The third kappa shape index (κ3) is 3.55. The third-order valence-electron chi connectivity index (χ3n) is 2.78. The molecule has 0 saturated heterocycles. The molecule has 0 radical (unpaired) electrons. The maximum Gasteiger partial charge on any atom is 0.126 e. The van der Waals surface area contributed by atoms with Crippen LogP contribution in [0.5, 0.6) is 0 Å². The van der Waals surface area contributed by atoms with Crippen LogP contribution in [0.4, 0.5) is 10.1 Å². The molecule has 0 aliphatic heterocycles. The molecule has 1 atom stereocenters. The molecule has 2 aromatic rings. The first-order valence-electron chi connectivity index (χ1n) is 5.81. The zero-order valence-corrected chi connectivity index (χ0v) is 11.9. The average Bonchev–Trinajstić information content (AvgIpc) is 2.38. The predicted octanol–water partition coefficient (Wildman–Crippen LogP) is 4.63. The van der Waals surface area contributed by atoms with Crippen molar-refractivity contribution in [1.29, 1.82) is 5.26 Å². The van der Waals surface area contributed by atoms with Crippen molar-refractivity contribution >= 4 is 21.6 Å². The zero-order chi connectivity index (χ0) is 13.8. The normalized spacial score (nSPS) is 11.7. The van der Waals surface area contributed by atoms with Crippen LogP contribution in [-0.2, 0) is 0 Å². The van der Waals surface area contributed by atoms with Gasteiger partial charge < -0.3 is 5.32 Å². The molecule has 1 N–H and O–H groups in total. The van der Waals surface area contributed by atoms with Crippen LogP contribution < -0.4 is 5.32 Å². The van der Waals surface area contributed by atoms with E-state index in [-0.39, 0.29) is 6.04 Å². The molecule has 0 aromatic heterocycles. The Morgan fingerprint density at radius 1 is 1.21 bits per heavy atom. The van der Waals surface area contributed by atoms with E-state index in [0.29, 0.717) is 11.3 Å². The van der Waals surface area contributed by atoms with Crippen LogP contribution in [0.15, 0.2) is 46.9 Å². The van der Waals surface area contributed by atoms with E-state index in [2.05, 4.69) is 21.2 Å². The molecule has 0 amide bonds. The van der Waals surface area contributed by atoms with Gasteiger partial charge in [-0.2, -0.15) is 5.26 Å². The average molecular weight is 319 g/mol. The predicted molar refractivity (Wildman–Crippen MR) is 77.3 cm³/mol. The lowest BCUT2D eigenvalue weighted by atomic mass is 10.1. The summed E-state index contributed by atoms with van der Waals surface area (Å²) in [6, 6.07) is 14.1. The van der Waals surface area contributed by atoms with Crippen LogP contribution in [0.1, 0.15) is 24.1 Å². The lowest BCUT2D eigenvalue weighted by Crippen LogP contribution is -2.06. The van der Waals surface area contributed by atoms with Gasteiger partial charge in [-0.05, 0) is 42.8 Å². The highest BCUT2D eigenvalue weighted by atomic mass is 79.9. The Hall–Kier alpha value is -1.86. The maximum absolute atomic E-state index is 13.3. The molecule has 2 nitrogen and oxygen atoms in total. The zero-order valence-electron chi connectivity index (χ0n) is 10.3. The molecule has 0 aliphatic carbocycles. The molecule has 96 valence electrons. The molecule has 2 aromatic carbocycles. The molecule has 4 heteroatoms. The third-order valence-corrected chi connectivity index (χ3v) is 3.31. The first-order valence-corrected chi connectivity index (χ1v) is 6.60. The Kier molecular flexibility index (Phi) is 4.18. The van der Waals surface area contributed by atoms with Gasteiger partial charge in [-0.3, -0.25) is 0 Å². The van der Waals surface area contributed by atoms with Gasteiger partial charge in [-0.25, -0.2) is 4.39 Å². The summed E-state index contributed by atoms with van der Waals surface area (Å²) in [6.45, 7) is 1.99. The quantitative estimate of drug-likeness (QED) is 0.895. The fourth-order valence-electron chi connectivity index (χ4n) is 1.82. The number of halogens is 2. The lowest BCUT2D eigenvalue weighted by molar-refractivity contribution is 0.627. The monoisotopic (exact) mass is 318 g/mol. The molecule has 1 unspecified atom stereocenters. The number of hydrogen-bond acceptors (Lipinski definition) is 2. The van der Waals surface area contributed by atoms with Crippen molar-refractivity contribution in [3.8, 4) is 6.07 Å². The van der Waals surface area contributed by atoms with Gasteiger partial charge in [0.25, 0.3) is 0 Å². The molecule has 19 heavy (non-hydrogen) atoms. The van der Waals surface area contributed by atoms with Gasteiger partial charge in [-0.15, -0.1) is 0 Å². The van der Waals surface area contributed by atoms with E-state index >= 15 is 0 Å². The van der Waals surface area contributed by atoms with E-state index in [1.165, 1.54) is 12.1 Å². The Labute approximate surface area is 120 Å². The van der Waals surface area contributed by atoms with Crippen molar-refractivity contribution < 1.29 is 4.39 Å². The van der Waals surface area contributed by atoms with E-state index in [9.17, 15) is 4.39 Å². The summed E-state index contributed by atoms with van der Waals surface area (Å²) in [7, 11) is 0. The second kappa shape index (κ2) is 5.85. The minimum absolute atomic E-state index is 0.0291. The minimum atomic E-state index is -0.412. The molecular formula is C15H12BrFN2. The van der Waals surface area contributed by atoms with Crippen molar-refractivity contribution in [2.75, 3.05) is 5.32 Å². The molecule has 0 fully saturated rings. The van der Waals surface area contributed by atoms with E-state index in [0.717, 1.165) is 10.0 Å². The number of nitriles is 1. The summed E-state index contributed by atoms with van der Waals surface area (Å²) in [5, 5.41) is 12.0. The second-order valence-corrected chi connectivity index (χ2v) is 5.17. The van der Waals surface area contributed by atoms with Crippen molar-refractivity contribution in [3.63, 3.8) is 0 Å². The van der Waals surface area contributed by atoms with Crippen LogP contribution in [-0.4, -0.2) is 0 Å². The first-order chi connectivity index (χ1) is 9.08. The van der Waals surface area contributed by atoms with Crippen LogP contribution >= 0.6 is 15.9 Å². The van der Waals surface area contributed by atoms with Crippen molar-refractivity contribution in [3.05, 3.63) is 63.9 Å². The Balaban J connectivity index is 2.19. The first kappa shape index (κ1) is 13.6. The summed E-state index contributed by atoms with van der Waals surface area (Å²) < 4.78 is 14.3. The molecule has 0 aliphatic rings. The summed E-state index contributed by atoms with van der Waals surface area (Å²) in [5.41, 5.74) is 2.00. The number of rotatable bonds is 3. The summed E-state index contributed by atoms with van der Waals surface area (Å²) in [4.78, 5) is 0. The minimum Gasteiger partial charge on any atom is -0.378 e. The number of hydrogen-bond donors (Lipinski definition) is 1. The van der Waals surface area contributed by atoms with Crippen LogP contribution in [0.2, 0.25) is 0 Å². The van der Waals surface area contributed by atoms with Crippen LogP contribution in [0.25, 0.3) is 0 Å². The largest absolute Gasteiger partial charge is 0.378 e. The molecule has 0 bridgehead atoms. The Morgan fingerprint density at radius 2 is 1.89 bits per heavy atom. The molecular weight excluding hydrogens is 307 g/mol. The standard InChI is InChI=1S/C15H12BrFN2/c1-10(12-2-4-13(16)5-3-12)19-15-7-11(9-18)6-14(17)8-15/h2-8,10,19H,1H3. The van der Waals surface area contributed by atoms with Crippen molar-refractivity contribution in [2.24, 2.45) is 0 Å². The smallest absolute Gasteiger partial charge is 0.126 e. The highest BCUT2D eigenvalue weighted by Gasteiger charge is 2.07. The van der Waals surface area contributed by atoms with Gasteiger partial charge in [0.05, 0.1) is 11.6 Å². The van der Waals surface area contributed by atoms with Gasteiger partial charge in [0.2, 0.25) is 0 Å².